The molecule has 0 radical (unpaired) electrons. The Morgan fingerprint density at radius 2 is 1.88 bits per heavy atom. The number of hydrogen-bond acceptors (Lipinski definition) is 2. The summed E-state index contributed by atoms with van der Waals surface area (Å²) in [5.41, 5.74) is 2.06. The van der Waals surface area contributed by atoms with Gasteiger partial charge in [-0.05, 0) is 49.8 Å². The van der Waals surface area contributed by atoms with Gasteiger partial charge in [-0.15, -0.1) is 0 Å². The molecule has 0 aromatic heterocycles. The van der Waals surface area contributed by atoms with E-state index in [-0.39, 0.29) is 5.91 Å². The second-order valence-corrected chi connectivity index (χ2v) is 6.35. The molecule has 0 bridgehead atoms. The Hall–Kier alpha value is -2.04. The summed E-state index contributed by atoms with van der Waals surface area (Å²) in [6.45, 7) is 10.6. The third kappa shape index (κ3) is 9.18. The lowest BCUT2D eigenvalue weighted by molar-refractivity contribution is -0.114. The third-order valence-corrected chi connectivity index (χ3v) is 3.53. The summed E-state index contributed by atoms with van der Waals surface area (Å²) in [5, 5.41) is 9.43. The molecule has 0 aliphatic rings. The standard InChI is InChI=1S/C19H32N4O/c1-5-20-19(21-13-6-7-15(2)3)22-14-12-17-8-10-18(11-9-17)23-16(4)24/h8-11,15H,5-7,12-14H2,1-4H3,(H,23,24)(H2,20,21,22). The van der Waals surface area contributed by atoms with E-state index >= 15 is 0 Å². The summed E-state index contributed by atoms with van der Waals surface area (Å²) in [7, 11) is 0. The van der Waals surface area contributed by atoms with Crippen LogP contribution in [0.5, 0.6) is 0 Å². The van der Waals surface area contributed by atoms with E-state index < -0.39 is 0 Å². The first kappa shape index (κ1) is 20.0. The van der Waals surface area contributed by atoms with Crippen LogP contribution in [-0.4, -0.2) is 31.5 Å². The Morgan fingerprint density at radius 1 is 1.17 bits per heavy atom. The van der Waals surface area contributed by atoms with Crippen LogP contribution in [0, 0.1) is 5.92 Å². The highest BCUT2D eigenvalue weighted by Gasteiger charge is 2.00. The Bertz CT molecular complexity index is 509. The summed E-state index contributed by atoms with van der Waals surface area (Å²) in [4.78, 5) is 15.6. The number of nitrogens with one attached hydrogen (secondary N) is 3. The fourth-order valence-corrected chi connectivity index (χ4v) is 2.32. The molecule has 24 heavy (non-hydrogen) atoms. The van der Waals surface area contributed by atoms with Gasteiger partial charge in [0.05, 0.1) is 0 Å². The van der Waals surface area contributed by atoms with E-state index in [9.17, 15) is 4.79 Å². The molecule has 0 heterocycles. The van der Waals surface area contributed by atoms with Crippen molar-refractivity contribution in [2.45, 2.75) is 47.0 Å². The second-order valence-electron chi connectivity index (χ2n) is 6.35. The lowest BCUT2D eigenvalue weighted by Crippen LogP contribution is -2.38. The third-order valence-electron chi connectivity index (χ3n) is 3.53. The second kappa shape index (κ2) is 11.5. The molecule has 1 aromatic carbocycles. The van der Waals surface area contributed by atoms with Gasteiger partial charge in [-0.25, -0.2) is 0 Å². The topological polar surface area (TPSA) is 65.5 Å². The summed E-state index contributed by atoms with van der Waals surface area (Å²) < 4.78 is 0. The molecule has 5 nitrogen and oxygen atoms in total. The number of hydrogen-bond donors (Lipinski definition) is 3. The fourth-order valence-electron chi connectivity index (χ4n) is 2.32. The molecule has 0 saturated carbocycles. The van der Waals surface area contributed by atoms with Crippen LogP contribution in [0.4, 0.5) is 5.69 Å². The molecule has 0 spiro atoms. The number of anilines is 1. The van der Waals surface area contributed by atoms with Gasteiger partial charge in [-0.2, -0.15) is 0 Å². The minimum atomic E-state index is -0.0478. The zero-order valence-electron chi connectivity index (χ0n) is 15.5. The van der Waals surface area contributed by atoms with Gasteiger partial charge >= 0.3 is 0 Å². The van der Waals surface area contributed by atoms with Crippen molar-refractivity contribution in [1.82, 2.24) is 10.6 Å². The lowest BCUT2D eigenvalue weighted by atomic mass is 10.1. The van der Waals surface area contributed by atoms with Crippen molar-refractivity contribution in [3.05, 3.63) is 29.8 Å². The molecule has 1 amide bonds. The number of guanidine groups is 1. The van der Waals surface area contributed by atoms with Crippen LogP contribution in [-0.2, 0) is 11.2 Å². The number of carbonyl (C=O) groups is 1. The van der Waals surface area contributed by atoms with E-state index in [0.29, 0.717) is 0 Å². The van der Waals surface area contributed by atoms with Crippen LogP contribution in [0.2, 0.25) is 0 Å². The Balaban J connectivity index is 2.38. The van der Waals surface area contributed by atoms with E-state index in [2.05, 4.69) is 41.7 Å². The Labute approximate surface area is 146 Å². The van der Waals surface area contributed by atoms with Crippen molar-refractivity contribution >= 4 is 17.6 Å². The number of benzene rings is 1. The van der Waals surface area contributed by atoms with E-state index in [1.165, 1.54) is 18.9 Å². The quantitative estimate of drug-likeness (QED) is 0.370. The average molecular weight is 332 g/mol. The van der Waals surface area contributed by atoms with Crippen LogP contribution >= 0.6 is 0 Å². The van der Waals surface area contributed by atoms with Crippen LogP contribution in [0.3, 0.4) is 0 Å². The molecule has 3 N–H and O–H groups in total. The van der Waals surface area contributed by atoms with Crippen molar-refractivity contribution in [2.75, 3.05) is 25.0 Å². The van der Waals surface area contributed by atoms with E-state index in [1.807, 2.05) is 24.3 Å². The molecule has 0 fully saturated rings. The number of amides is 1. The van der Waals surface area contributed by atoms with Crippen LogP contribution < -0.4 is 16.0 Å². The Kier molecular flexibility index (Phi) is 9.58. The minimum Gasteiger partial charge on any atom is -0.357 e. The van der Waals surface area contributed by atoms with Crippen LogP contribution in [0.15, 0.2) is 29.3 Å². The van der Waals surface area contributed by atoms with Crippen molar-refractivity contribution in [1.29, 1.82) is 0 Å². The monoisotopic (exact) mass is 332 g/mol. The summed E-state index contributed by atoms with van der Waals surface area (Å²) in [6.07, 6.45) is 3.25. The molecule has 134 valence electrons. The predicted molar refractivity (Wildman–Crippen MR) is 103 cm³/mol. The van der Waals surface area contributed by atoms with Gasteiger partial charge in [0.15, 0.2) is 5.96 Å². The van der Waals surface area contributed by atoms with Crippen LogP contribution in [0.25, 0.3) is 0 Å². The number of rotatable bonds is 9. The largest absolute Gasteiger partial charge is 0.357 e. The summed E-state index contributed by atoms with van der Waals surface area (Å²) in [5.74, 6) is 1.57. The molecule has 5 heteroatoms. The van der Waals surface area contributed by atoms with Crippen molar-refractivity contribution in [3.63, 3.8) is 0 Å². The highest BCUT2D eigenvalue weighted by atomic mass is 16.1. The highest BCUT2D eigenvalue weighted by Crippen LogP contribution is 2.09. The first-order valence-corrected chi connectivity index (χ1v) is 8.90. The van der Waals surface area contributed by atoms with Gasteiger partial charge in [0, 0.05) is 32.2 Å². The number of nitrogens with zero attached hydrogens (tertiary/aromatic N) is 1. The molecular weight excluding hydrogens is 300 g/mol. The zero-order valence-corrected chi connectivity index (χ0v) is 15.5. The summed E-state index contributed by atoms with van der Waals surface area (Å²) in [6, 6.07) is 7.95. The zero-order chi connectivity index (χ0) is 17.8. The molecule has 1 rings (SSSR count). The van der Waals surface area contributed by atoms with Crippen molar-refractivity contribution in [3.8, 4) is 0 Å². The van der Waals surface area contributed by atoms with Gasteiger partial charge in [-0.1, -0.05) is 26.0 Å². The molecular formula is C19H32N4O. The minimum absolute atomic E-state index is 0.0478. The lowest BCUT2D eigenvalue weighted by Gasteiger charge is -2.12. The highest BCUT2D eigenvalue weighted by molar-refractivity contribution is 5.88. The van der Waals surface area contributed by atoms with Gasteiger partial charge in [0.1, 0.15) is 0 Å². The Morgan fingerprint density at radius 3 is 2.46 bits per heavy atom. The van der Waals surface area contributed by atoms with Crippen LogP contribution in [0.1, 0.15) is 46.1 Å². The van der Waals surface area contributed by atoms with E-state index in [0.717, 1.165) is 50.0 Å². The molecule has 0 aliphatic heterocycles. The van der Waals surface area contributed by atoms with Crippen molar-refractivity contribution < 1.29 is 4.79 Å². The molecule has 0 atom stereocenters. The van der Waals surface area contributed by atoms with Gasteiger partial charge in [0.25, 0.3) is 0 Å². The van der Waals surface area contributed by atoms with E-state index in [1.54, 1.807) is 0 Å². The van der Waals surface area contributed by atoms with Gasteiger partial charge in [-0.3, -0.25) is 9.79 Å². The van der Waals surface area contributed by atoms with Crippen molar-refractivity contribution in [2.24, 2.45) is 10.9 Å². The van der Waals surface area contributed by atoms with Gasteiger partial charge < -0.3 is 16.0 Å². The normalized spacial score (nSPS) is 11.5. The maximum Gasteiger partial charge on any atom is 0.221 e. The number of aliphatic imine (C=N–C) groups is 1. The predicted octanol–water partition coefficient (Wildman–Crippen LogP) is 3.18. The SMILES string of the molecule is CCNC(=NCCCC(C)C)NCCc1ccc(NC(C)=O)cc1. The number of carbonyl (C=O) groups excluding carboxylic acids is 1. The summed E-state index contributed by atoms with van der Waals surface area (Å²) >= 11 is 0. The maximum absolute atomic E-state index is 11.0. The maximum atomic E-state index is 11.0. The average Bonchev–Trinajstić information content (AvgIpc) is 2.52. The molecule has 1 aromatic rings. The first-order valence-electron chi connectivity index (χ1n) is 8.90. The van der Waals surface area contributed by atoms with E-state index in [4.69, 9.17) is 0 Å². The smallest absolute Gasteiger partial charge is 0.221 e. The fraction of sp³-hybridized carbons (Fsp3) is 0.579. The first-order chi connectivity index (χ1) is 11.5. The molecule has 0 unspecified atom stereocenters. The molecule has 0 aliphatic carbocycles. The molecule has 0 saturated heterocycles. The van der Waals surface area contributed by atoms with Gasteiger partial charge in [0.2, 0.25) is 5.91 Å².